The van der Waals surface area contributed by atoms with E-state index in [9.17, 15) is 14.7 Å². The number of fused-ring (bicyclic) bond motifs is 1. The summed E-state index contributed by atoms with van der Waals surface area (Å²) in [5.74, 6) is -0.928. The third-order valence-electron chi connectivity index (χ3n) is 8.11. The Kier molecular flexibility index (Phi) is 9.01. The Morgan fingerprint density at radius 3 is 2.53 bits per heavy atom. The molecule has 1 aliphatic carbocycles. The Bertz CT molecular complexity index is 1080. The molecule has 0 amide bonds. The van der Waals surface area contributed by atoms with Crippen molar-refractivity contribution in [2.24, 2.45) is 0 Å². The van der Waals surface area contributed by atoms with E-state index in [0.29, 0.717) is 23.6 Å². The maximum absolute atomic E-state index is 13.6. The molecule has 1 aromatic carbocycles. The first-order chi connectivity index (χ1) is 17.3. The molecule has 0 bridgehead atoms. The van der Waals surface area contributed by atoms with Gasteiger partial charge in [-0.3, -0.25) is 14.5 Å². The zero-order valence-electron chi connectivity index (χ0n) is 21.7. The molecule has 2 unspecified atom stereocenters. The maximum atomic E-state index is 13.6. The topological polar surface area (TPSA) is 108 Å². The average Bonchev–Trinajstić information content (AvgIpc) is 3.16. The fraction of sp³-hybridized carbons (Fsp3) is 0.679. The standard InChI is InChI=1S/C28H42N4O4/c1-19-14-15-22(31(19)21-10-6-4-3-5-7-11-21)16-20(2)32-25-13-9-8-12-24(25)30-27(28(32)36)29-18-23(33)17-26(34)35/h8-9,12-13,19-23,33H,3-7,10-11,14-18H2,1-2H3,(H,29,30)(H,34,35)/t19?,20-,22-,23?/m0/s1. The maximum Gasteiger partial charge on any atom is 0.306 e. The second-order valence-electron chi connectivity index (χ2n) is 10.9. The van der Waals surface area contributed by atoms with Crippen LogP contribution in [0.25, 0.3) is 11.0 Å². The largest absolute Gasteiger partial charge is 0.481 e. The lowest BCUT2D eigenvalue weighted by Gasteiger charge is -2.38. The zero-order valence-corrected chi connectivity index (χ0v) is 21.7. The molecule has 2 aromatic rings. The van der Waals surface area contributed by atoms with Crippen molar-refractivity contribution < 1.29 is 15.0 Å². The Balaban J connectivity index is 1.57. The number of aliphatic hydroxyl groups is 1. The number of benzene rings is 1. The van der Waals surface area contributed by atoms with Crippen LogP contribution in [0.4, 0.5) is 5.82 Å². The number of carboxylic acid groups (broad SMARTS) is 1. The van der Waals surface area contributed by atoms with E-state index in [1.807, 2.05) is 28.8 Å². The van der Waals surface area contributed by atoms with Gasteiger partial charge in [-0.25, -0.2) is 4.98 Å². The van der Waals surface area contributed by atoms with Gasteiger partial charge in [0.2, 0.25) is 0 Å². The number of likely N-dealkylation sites (tertiary alicyclic amines) is 1. The smallest absolute Gasteiger partial charge is 0.306 e. The summed E-state index contributed by atoms with van der Waals surface area (Å²) in [5, 5.41) is 21.8. The number of rotatable bonds is 9. The third kappa shape index (κ3) is 6.27. The van der Waals surface area contributed by atoms with Gasteiger partial charge in [0.25, 0.3) is 5.56 Å². The van der Waals surface area contributed by atoms with Crippen LogP contribution in [0.15, 0.2) is 29.1 Å². The number of nitrogens with zero attached hydrogens (tertiary/aromatic N) is 3. The molecule has 1 saturated carbocycles. The molecule has 2 fully saturated rings. The number of para-hydroxylation sites is 2. The van der Waals surface area contributed by atoms with Crippen LogP contribution in [0, 0.1) is 0 Å². The Morgan fingerprint density at radius 1 is 1.11 bits per heavy atom. The molecule has 0 spiro atoms. The molecule has 1 aromatic heterocycles. The first-order valence-corrected chi connectivity index (χ1v) is 13.8. The van der Waals surface area contributed by atoms with Gasteiger partial charge < -0.3 is 20.1 Å². The van der Waals surface area contributed by atoms with Gasteiger partial charge in [0, 0.05) is 30.7 Å². The van der Waals surface area contributed by atoms with Crippen molar-refractivity contribution in [2.45, 2.75) is 115 Å². The molecule has 3 N–H and O–H groups in total. The van der Waals surface area contributed by atoms with Crippen molar-refractivity contribution in [2.75, 3.05) is 11.9 Å². The van der Waals surface area contributed by atoms with Gasteiger partial charge in [-0.15, -0.1) is 0 Å². The van der Waals surface area contributed by atoms with E-state index < -0.39 is 12.1 Å². The molecule has 1 aliphatic heterocycles. The Hall–Kier alpha value is -2.45. The van der Waals surface area contributed by atoms with Gasteiger partial charge in [-0.1, -0.05) is 44.2 Å². The van der Waals surface area contributed by atoms with Crippen LogP contribution in [0.2, 0.25) is 0 Å². The Morgan fingerprint density at radius 2 is 1.81 bits per heavy atom. The summed E-state index contributed by atoms with van der Waals surface area (Å²) in [6.45, 7) is 4.44. The van der Waals surface area contributed by atoms with Crippen LogP contribution in [0.5, 0.6) is 0 Å². The number of hydrogen-bond acceptors (Lipinski definition) is 6. The number of anilines is 1. The molecule has 0 radical (unpaired) electrons. The molecule has 4 rings (SSSR count). The van der Waals surface area contributed by atoms with Gasteiger partial charge in [-0.2, -0.15) is 0 Å². The number of carbonyl (C=O) groups is 1. The number of carboxylic acids is 1. The normalized spacial score (nSPS) is 23.8. The Labute approximate surface area is 213 Å². The molecule has 36 heavy (non-hydrogen) atoms. The molecular formula is C28H42N4O4. The van der Waals surface area contributed by atoms with Gasteiger partial charge in [-0.05, 0) is 58.1 Å². The summed E-state index contributed by atoms with van der Waals surface area (Å²) in [4.78, 5) is 31.8. The van der Waals surface area contributed by atoms with Crippen molar-refractivity contribution >= 4 is 22.8 Å². The first kappa shape index (κ1) is 26.6. The van der Waals surface area contributed by atoms with Crippen molar-refractivity contribution in [1.82, 2.24) is 14.5 Å². The second kappa shape index (κ2) is 12.2. The van der Waals surface area contributed by atoms with E-state index in [0.717, 1.165) is 18.4 Å². The predicted molar refractivity (Wildman–Crippen MR) is 143 cm³/mol. The lowest BCUT2D eigenvalue weighted by molar-refractivity contribution is -0.138. The van der Waals surface area contributed by atoms with Crippen molar-refractivity contribution in [3.05, 3.63) is 34.6 Å². The molecule has 198 valence electrons. The molecule has 8 nitrogen and oxygen atoms in total. The summed E-state index contributed by atoms with van der Waals surface area (Å²) in [6.07, 6.45) is 11.0. The van der Waals surface area contributed by atoms with Gasteiger partial charge >= 0.3 is 5.97 Å². The molecule has 2 heterocycles. The molecule has 8 heteroatoms. The number of hydrogen-bond donors (Lipinski definition) is 3. The summed E-state index contributed by atoms with van der Waals surface area (Å²) >= 11 is 0. The van der Waals surface area contributed by atoms with Crippen LogP contribution in [-0.4, -0.2) is 61.4 Å². The summed E-state index contributed by atoms with van der Waals surface area (Å²) in [5.41, 5.74) is 1.28. The number of nitrogens with one attached hydrogen (secondary N) is 1. The number of aromatic nitrogens is 2. The van der Waals surface area contributed by atoms with E-state index in [4.69, 9.17) is 5.11 Å². The van der Waals surface area contributed by atoms with E-state index in [2.05, 4.69) is 29.0 Å². The highest BCUT2D eigenvalue weighted by Crippen LogP contribution is 2.35. The SMILES string of the molecule is CC1CC[C@@H](C[C@H](C)n2c(=O)c(NCC(O)CC(=O)O)nc3ccccc32)N1C1CCCCCCC1. The molecule has 2 aliphatic rings. The molecular weight excluding hydrogens is 456 g/mol. The number of aliphatic hydroxyl groups excluding tert-OH is 1. The van der Waals surface area contributed by atoms with Gasteiger partial charge in [0.1, 0.15) is 0 Å². The number of aliphatic carboxylic acids is 1. The molecule has 4 atom stereocenters. The quantitative estimate of drug-likeness (QED) is 0.465. The van der Waals surface area contributed by atoms with E-state index in [1.54, 1.807) is 0 Å². The van der Waals surface area contributed by atoms with Crippen LogP contribution in [0.1, 0.15) is 90.5 Å². The fourth-order valence-electron chi connectivity index (χ4n) is 6.42. The van der Waals surface area contributed by atoms with Crippen molar-refractivity contribution in [1.29, 1.82) is 0 Å². The minimum atomic E-state index is -1.10. The lowest BCUT2D eigenvalue weighted by atomic mass is 9.94. The van der Waals surface area contributed by atoms with E-state index in [1.165, 1.54) is 51.4 Å². The highest BCUT2D eigenvalue weighted by atomic mass is 16.4. The van der Waals surface area contributed by atoms with Crippen molar-refractivity contribution in [3.63, 3.8) is 0 Å². The van der Waals surface area contributed by atoms with E-state index in [-0.39, 0.29) is 30.4 Å². The highest BCUT2D eigenvalue weighted by Gasteiger charge is 2.36. The predicted octanol–water partition coefficient (Wildman–Crippen LogP) is 4.56. The third-order valence-corrected chi connectivity index (χ3v) is 8.11. The van der Waals surface area contributed by atoms with Crippen LogP contribution < -0.4 is 10.9 Å². The first-order valence-electron chi connectivity index (χ1n) is 13.8. The van der Waals surface area contributed by atoms with Crippen molar-refractivity contribution in [3.8, 4) is 0 Å². The lowest BCUT2D eigenvalue weighted by Crippen LogP contribution is -2.44. The average molecular weight is 499 g/mol. The van der Waals surface area contributed by atoms with Crippen LogP contribution in [0.3, 0.4) is 0 Å². The highest BCUT2D eigenvalue weighted by molar-refractivity contribution is 5.76. The fourth-order valence-corrected chi connectivity index (χ4v) is 6.42. The second-order valence-corrected chi connectivity index (χ2v) is 10.9. The van der Waals surface area contributed by atoms with Gasteiger partial charge in [0.05, 0.1) is 23.6 Å². The minimum absolute atomic E-state index is 0.0266. The molecule has 1 saturated heterocycles. The zero-order chi connectivity index (χ0) is 25.7. The van der Waals surface area contributed by atoms with E-state index >= 15 is 0 Å². The monoisotopic (exact) mass is 498 g/mol. The summed E-state index contributed by atoms with van der Waals surface area (Å²) in [7, 11) is 0. The van der Waals surface area contributed by atoms with Crippen LogP contribution in [-0.2, 0) is 4.79 Å². The van der Waals surface area contributed by atoms with Crippen LogP contribution >= 0.6 is 0 Å². The summed E-state index contributed by atoms with van der Waals surface area (Å²) < 4.78 is 1.84. The minimum Gasteiger partial charge on any atom is -0.481 e. The van der Waals surface area contributed by atoms with Gasteiger partial charge in [0.15, 0.2) is 5.82 Å². The summed E-state index contributed by atoms with van der Waals surface area (Å²) in [6, 6.07) is 9.28.